The van der Waals surface area contributed by atoms with Gasteiger partial charge in [0.05, 0.1) is 27.9 Å². The van der Waals surface area contributed by atoms with Crippen molar-refractivity contribution in [1.29, 1.82) is 5.41 Å². The topological polar surface area (TPSA) is 109 Å². The van der Waals surface area contributed by atoms with Gasteiger partial charge in [0.2, 0.25) is 0 Å². The van der Waals surface area contributed by atoms with Crippen molar-refractivity contribution in [3.8, 4) is 0 Å². The highest BCUT2D eigenvalue weighted by Gasteiger charge is 2.12. The Kier molecular flexibility index (Phi) is 13.0. The van der Waals surface area contributed by atoms with E-state index in [0.717, 1.165) is 56.0 Å². The first-order valence-corrected chi connectivity index (χ1v) is 8.58. The summed E-state index contributed by atoms with van der Waals surface area (Å²) in [5, 5.41) is 21.4. The number of nitrogens with zero attached hydrogens (tertiary/aromatic N) is 3. The van der Waals surface area contributed by atoms with Gasteiger partial charge in [0.25, 0.3) is 0 Å². The maximum Gasteiger partial charge on any atom is 0.0816 e. The van der Waals surface area contributed by atoms with Crippen LogP contribution in [0.5, 0.6) is 0 Å². The quantitative estimate of drug-likeness (QED) is 0.141. The maximum atomic E-state index is 8.74. The van der Waals surface area contributed by atoms with Crippen molar-refractivity contribution in [1.82, 2.24) is 0 Å². The highest BCUT2D eigenvalue weighted by Crippen LogP contribution is 2.39. The van der Waals surface area contributed by atoms with Gasteiger partial charge < -0.3 is 16.0 Å². The first-order valence-electron chi connectivity index (χ1n) is 8.17. The maximum absolute atomic E-state index is 8.74. The van der Waals surface area contributed by atoms with Gasteiger partial charge >= 0.3 is 0 Å². The highest BCUT2D eigenvalue weighted by atomic mass is 32.1. The summed E-state index contributed by atoms with van der Waals surface area (Å²) >= 11 is 3.81. The van der Waals surface area contributed by atoms with Crippen molar-refractivity contribution in [3.63, 3.8) is 0 Å². The highest BCUT2D eigenvalue weighted by molar-refractivity contribution is 7.78. The zero-order valence-corrected chi connectivity index (χ0v) is 15.5. The number of azide groups is 1. The van der Waals surface area contributed by atoms with E-state index in [1.807, 2.05) is 12.1 Å². The summed E-state index contributed by atoms with van der Waals surface area (Å²) in [5.41, 5.74) is 12.3. The molecule has 0 saturated carbocycles. The number of nitrogens with one attached hydrogen (secondary N) is 4. The van der Waals surface area contributed by atoms with Crippen LogP contribution >= 0.6 is 12.2 Å². The molecule has 0 amide bonds. The third-order valence-electron chi connectivity index (χ3n) is 3.00. The van der Waals surface area contributed by atoms with Gasteiger partial charge in [0.15, 0.2) is 0 Å². The molecule has 1 aromatic rings. The second kappa shape index (κ2) is 14.3. The van der Waals surface area contributed by atoms with E-state index in [-0.39, 0.29) is 0 Å². The van der Waals surface area contributed by atoms with Crippen LogP contribution in [-0.2, 0) is 0 Å². The van der Waals surface area contributed by atoms with Crippen molar-refractivity contribution in [3.05, 3.63) is 22.6 Å². The molecule has 0 bridgehead atoms. The molecule has 0 aliphatic rings. The van der Waals surface area contributed by atoms with Gasteiger partial charge in [0.1, 0.15) is 0 Å². The summed E-state index contributed by atoms with van der Waals surface area (Å²) < 4.78 is 0. The zero-order chi connectivity index (χ0) is 18.2. The molecule has 8 heteroatoms. The van der Waals surface area contributed by atoms with E-state index in [2.05, 4.69) is 59.0 Å². The monoisotopic (exact) mass is 349 g/mol. The van der Waals surface area contributed by atoms with Crippen LogP contribution in [0.3, 0.4) is 0 Å². The minimum Gasteiger partial charge on any atom is -0.383 e. The van der Waals surface area contributed by atoms with Crippen LogP contribution in [0.25, 0.3) is 10.4 Å². The molecule has 7 nitrogen and oxygen atoms in total. The summed E-state index contributed by atoms with van der Waals surface area (Å²) in [5.74, 6) is 0. The van der Waals surface area contributed by atoms with Gasteiger partial charge in [0, 0.05) is 24.5 Å². The largest absolute Gasteiger partial charge is 0.383 e. The first kappa shape index (κ1) is 21.7. The second-order valence-electron chi connectivity index (χ2n) is 4.95. The van der Waals surface area contributed by atoms with E-state index in [1.165, 1.54) is 0 Å². The molecule has 0 aliphatic carbocycles. The van der Waals surface area contributed by atoms with E-state index < -0.39 is 0 Å². The summed E-state index contributed by atoms with van der Waals surface area (Å²) in [6.07, 6.45) is 3.10. The lowest BCUT2D eigenvalue weighted by molar-refractivity contribution is 0.959. The summed E-state index contributed by atoms with van der Waals surface area (Å²) in [6, 6.07) is 3.82. The molecule has 0 saturated heterocycles. The van der Waals surface area contributed by atoms with Crippen LogP contribution in [0, 0.1) is 5.41 Å². The minimum atomic E-state index is 0.631. The Labute approximate surface area is 149 Å². The average molecular weight is 350 g/mol. The second-order valence-corrected chi connectivity index (χ2v) is 5.16. The molecule has 0 heterocycles. The van der Waals surface area contributed by atoms with Crippen molar-refractivity contribution in [2.24, 2.45) is 5.11 Å². The van der Waals surface area contributed by atoms with Crippen molar-refractivity contribution >= 4 is 40.1 Å². The molecule has 0 unspecified atom stereocenters. The van der Waals surface area contributed by atoms with E-state index >= 15 is 0 Å². The summed E-state index contributed by atoms with van der Waals surface area (Å²) in [4.78, 5) is 2.92. The molecule has 132 valence electrons. The number of hydrogen-bond acceptors (Lipinski definition) is 6. The molecule has 24 heavy (non-hydrogen) atoms. The fourth-order valence-corrected chi connectivity index (χ4v) is 1.99. The van der Waals surface area contributed by atoms with Crippen LogP contribution in [0.1, 0.15) is 40.0 Å². The molecule has 1 aromatic carbocycles. The molecular weight excluding hydrogens is 322 g/mol. The molecule has 1 rings (SSSR count). The molecule has 0 atom stereocenters. The third-order valence-corrected chi connectivity index (χ3v) is 3.00. The number of hydrogen-bond donors (Lipinski definition) is 4. The SMILES string of the molecule is CCCNc1ccc(N=[N+]=[N-])c(NCCC)c1NCCC.N=C=S. The minimum absolute atomic E-state index is 0.631. The van der Waals surface area contributed by atoms with Gasteiger partial charge in [-0.05, 0) is 49.1 Å². The molecule has 0 aliphatic heterocycles. The first-order chi connectivity index (χ1) is 11.7. The zero-order valence-electron chi connectivity index (χ0n) is 14.6. The van der Waals surface area contributed by atoms with Crippen LogP contribution in [-0.4, -0.2) is 24.8 Å². The Hall–Kier alpha value is -2.27. The average Bonchev–Trinajstić information content (AvgIpc) is 2.58. The summed E-state index contributed by atoms with van der Waals surface area (Å²) in [7, 11) is 0. The summed E-state index contributed by atoms with van der Waals surface area (Å²) in [6.45, 7) is 9.00. The Balaban J connectivity index is 0.00000163. The van der Waals surface area contributed by atoms with Crippen LogP contribution in [0.15, 0.2) is 17.2 Å². The van der Waals surface area contributed by atoms with Crippen molar-refractivity contribution < 1.29 is 0 Å². The lowest BCUT2D eigenvalue weighted by Crippen LogP contribution is -2.10. The standard InChI is InChI=1S/C15H26N6.CHNS/c1-4-9-17-12-7-8-13(20-21-16)15(19-11-6-3)14(12)18-10-5-2;2-1-3/h7-8,17-19H,4-6,9-11H2,1-3H3;2H. The number of anilines is 3. The molecule has 0 radical (unpaired) electrons. The number of isothiocyanates is 1. The van der Waals surface area contributed by atoms with E-state index in [9.17, 15) is 0 Å². The molecule has 0 aromatic heterocycles. The molecule has 0 fully saturated rings. The Bertz CT molecular complexity index is 562. The predicted molar refractivity (Wildman–Crippen MR) is 107 cm³/mol. The number of benzene rings is 1. The third kappa shape index (κ3) is 7.83. The Morgan fingerprint density at radius 3 is 2.04 bits per heavy atom. The molecule has 4 N–H and O–H groups in total. The van der Waals surface area contributed by atoms with Crippen molar-refractivity contribution in [2.45, 2.75) is 40.0 Å². The van der Waals surface area contributed by atoms with Crippen LogP contribution in [0.2, 0.25) is 0 Å². The van der Waals surface area contributed by atoms with Gasteiger partial charge in [-0.1, -0.05) is 25.9 Å². The van der Waals surface area contributed by atoms with E-state index in [0.29, 0.717) is 5.69 Å². The van der Waals surface area contributed by atoms with Crippen LogP contribution < -0.4 is 16.0 Å². The van der Waals surface area contributed by atoms with Crippen molar-refractivity contribution in [2.75, 3.05) is 35.6 Å². The van der Waals surface area contributed by atoms with E-state index in [1.54, 1.807) is 5.16 Å². The Morgan fingerprint density at radius 2 is 1.54 bits per heavy atom. The number of rotatable bonds is 10. The lowest BCUT2D eigenvalue weighted by Gasteiger charge is -2.20. The normalized spacial score (nSPS) is 8.96. The van der Waals surface area contributed by atoms with Gasteiger partial charge in [-0.15, -0.1) is 0 Å². The van der Waals surface area contributed by atoms with Gasteiger partial charge in [-0.3, -0.25) is 0 Å². The molecular formula is C16H27N7S. The predicted octanol–water partition coefficient (Wildman–Crippen LogP) is 5.76. The van der Waals surface area contributed by atoms with Gasteiger partial charge in [-0.2, -0.15) is 0 Å². The Morgan fingerprint density at radius 1 is 1.04 bits per heavy atom. The fourth-order valence-electron chi connectivity index (χ4n) is 1.99. The smallest absolute Gasteiger partial charge is 0.0816 e. The number of thiocarbonyl (C=S) groups is 1. The van der Waals surface area contributed by atoms with Crippen LogP contribution in [0.4, 0.5) is 22.7 Å². The molecule has 0 spiro atoms. The van der Waals surface area contributed by atoms with Gasteiger partial charge in [-0.25, -0.2) is 5.41 Å². The fraction of sp³-hybridized carbons (Fsp3) is 0.562. The van der Waals surface area contributed by atoms with E-state index in [4.69, 9.17) is 10.9 Å². The lowest BCUT2D eigenvalue weighted by atomic mass is 10.1.